The summed E-state index contributed by atoms with van der Waals surface area (Å²) in [6.07, 6.45) is -0.757. The van der Waals surface area contributed by atoms with Crippen molar-refractivity contribution in [1.29, 1.82) is 0 Å². The third-order valence-electron chi connectivity index (χ3n) is 3.46. The molecular formula is C17H15F3N2O2. The van der Waals surface area contributed by atoms with Crippen molar-refractivity contribution in [2.75, 3.05) is 0 Å². The minimum absolute atomic E-state index is 0.159. The van der Waals surface area contributed by atoms with Crippen LogP contribution in [-0.2, 0) is 22.4 Å². The molecule has 126 valence electrons. The Labute approximate surface area is 136 Å². The smallest absolute Gasteiger partial charge is 0.240 e. The molecule has 2 aromatic carbocycles. The number of carbonyl (C=O) groups excluding carboxylic acids is 2. The van der Waals surface area contributed by atoms with Crippen molar-refractivity contribution >= 4 is 11.8 Å². The molecule has 4 nitrogen and oxygen atoms in total. The lowest BCUT2D eigenvalue weighted by atomic mass is 10.0. The first kappa shape index (κ1) is 17.5. The Morgan fingerprint density at radius 3 is 2.12 bits per heavy atom. The summed E-state index contributed by atoms with van der Waals surface area (Å²) in [4.78, 5) is 23.4. The number of amides is 2. The quantitative estimate of drug-likeness (QED) is 0.845. The fraction of sp³-hybridized carbons (Fsp3) is 0.176. The van der Waals surface area contributed by atoms with E-state index in [-0.39, 0.29) is 12.0 Å². The summed E-state index contributed by atoms with van der Waals surface area (Å²) in [5.41, 5.74) is 4.99. The van der Waals surface area contributed by atoms with Gasteiger partial charge in [0.2, 0.25) is 11.8 Å². The third-order valence-corrected chi connectivity index (χ3v) is 3.46. The van der Waals surface area contributed by atoms with Crippen molar-refractivity contribution in [2.24, 2.45) is 5.73 Å². The van der Waals surface area contributed by atoms with Gasteiger partial charge in [0.1, 0.15) is 23.5 Å². The molecule has 0 aliphatic heterocycles. The second kappa shape index (κ2) is 7.63. The molecule has 0 bridgehead atoms. The van der Waals surface area contributed by atoms with Crippen molar-refractivity contribution < 1.29 is 22.8 Å². The summed E-state index contributed by atoms with van der Waals surface area (Å²) in [7, 11) is 0. The second-order valence-corrected chi connectivity index (χ2v) is 5.19. The molecule has 1 atom stereocenters. The van der Waals surface area contributed by atoms with Gasteiger partial charge in [0, 0.05) is 12.0 Å². The average Bonchev–Trinajstić information content (AvgIpc) is 2.52. The molecule has 0 heterocycles. The fourth-order valence-electron chi connectivity index (χ4n) is 2.21. The van der Waals surface area contributed by atoms with E-state index in [1.54, 1.807) is 6.07 Å². The Balaban J connectivity index is 2.09. The van der Waals surface area contributed by atoms with Crippen LogP contribution < -0.4 is 11.1 Å². The molecule has 2 rings (SSSR count). The van der Waals surface area contributed by atoms with E-state index in [0.717, 1.165) is 12.1 Å². The van der Waals surface area contributed by atoms with Crippen molar-refractivity contribution in [3.63, 3.8) is 0 Å². The number of halogens is 3. The molecule has 2 aromatic rings. The maximum Gasteiger partial charge on any atom is 0.240 e. The van der Waals surface area contributed by atoms with Gasteiger partial charge in [-0.05, 0) is 23.8 Å². The number of hydrogen-bond donors (Lipinski definition) is 2. The normalized spacial score (nSPS) is 11.8. The Morgan fingerprint density at radius 2 is 1.54 bits per heavy atom. The maximum atomic E-state index is 13.6. The molecule has 0 saturated carbocycles. The summed E-state index contributed by atoms with van der Waals surface area (Å²) >= 11 is 0. The van der Waals surface area contributed by atoms with Crippen LogP contribution in [-0.4, -0.2) is 17.9 Å². The first-order chi connectivity index (χ1) is 11.4. The number of rotatable bonds is 6. The molecule has 0 fully saturated rings. The molecule has 7 heteroatoms. The van der Waals surface area contributed by atoms with E-state index in [0.29, 0.717) is 0 Å². The van der Waals surface area contributed by atoms with Crippen molar-refractivity contribution in [2.45, 2.75) is 18.9 Å². The molecule has 0 unspecified atom stereocenters. The number of nitrogens with two attached hydrogens (primary N) is 1. The Kier molecular flexibility index (Phi) is 5.57. The first-order valence-electron chi connectivity index (χ1n) is 7.13. The predicted octanol–water partition coefficient (Wildman–Crippen LogP) is 1.86. The predicted molar refractivity (Wildman–Crippen MR) is 81.3 cm³/mol. The molecule has 0 radical (unpaired) electrons. The highest BCUT2D eigenvalue weighted by Gasteiger charge is 2.21. The van der Waals surface area contributed by atoms with Gasteiger partial charge in [0.05, 0.1) is 6.42 Å². The largest absolute Gasteiger partial charge is 0.368 e. The van der Waals surface area contributed by atoms with Crippen molar-refractivity contribution in [1.82, 2.24) is 5.32 Å². The van der Waals surface area contributed by atoms with E-state index in [1.807, 2.05) is 0 Å². The van der Waals surface area contributed by atoms with Crippen LogP contribution in [0.4, 0.5) is 13.2 Å². The van der Waals surface area contributed by atoms with Gasteiger partial charge in [-0.1, -0.05) is 24.3 Å². The fourth-order valence-corrected chi connectivity index (χ4v) is 2.21. The van der Waals surface area contributed by atoms with Gasteiger partial charge < -0.3 is 11.1 Å². The highest BCUT2D eigenvalue weighted by molar-refractivity contribution is 5.87. The zero-order valence-corrected chi connectivity index (χ0v) is 12.6. The highest BCUT2D eigenvalue weighted by atomic mass is 19.1. The van der Waals surface area contributed by atoms with Crippen LogP contribution in [0.15, 0.2) is 42.5 Å². The van der Waals surface area contributed by atoms with Crippen LogP contribution >= 0.6 is 0 Å². The summed E-state index contributed by atoms with van der Waals surface area (Å²) in [6.45, 7) is 0. The van der Waals surface area contributed by atoms with Gasteiger partial charge in [-0.25, -0.2) is 13.2 Å². The zero-order chi connectivity index (χ0) is 17.7. The number of hydrogen-bond acceptors (Lipinski definition) is 2. The molecule has 2 amide bonds. The van der Waals surface area contributed by atoms with E-state index in [2.05, 4.69) is 5.32 Å². The Morgan fingerprint density at radius 1 is 0.958 bits per heavy atom. The second-order valence-electron chi connectivity index (χ2n) is 5.19. The Hall–Kier alpha value is -2.83. The van der Waals surface area contributed by atoms with Crippen LogP contribution in [0.1, 0.15) is 11.1 Å². The monoisotopic (exact) mass is 336 g/mol. The highest BCUT2D eigenvalue weighted by Crippen LogP contribution is 2.13. The van der Waals surface area contributed by atoms with Crippen molar-refractivity contribution in [3.8, 4) is 0 Å². The lowest BCUT2D eigenvalue weighted by Crippen LogP contribution is -2.46. The topological polar surface area (TPSA) is 72.2 Å². The molecule has 0 saturated heterocycles. The van der Waals surface area contributed by atoms with Gasteiger partial charge in [0.25, 0.3) is 0 Å². The van der Waals surface area contributed by atoms with Gasteiger partial charge in [0.15, 0.2) is 0 Å². The lowest BCUT2D eigenvalue weighted by Gasteiger charge is -2.16. The molecule has 0 aliphatic rings. The molecule has 3 N–H and O–H groups in total. The summed E-state index contributed by atoms with van der Waals surface area (Å²) < 4.78 is 40.7. The number of nitrogens with one attached hydrogen (secondary N) is 1. The van der Waals surface area contributed by atoms with Crippen LogP contribution in [0.2, 0.25) is 0 Å². The minimum atomic E-state index is -1.19. The van der Waals surface area contributed by atoms with E-state index in [9.17, 15) is 22.8 Å². The SMILES string of the molecule is NC(=O)[C@@H](Cc1ccccc1F)NC(=O)Cc1c(F)cccc1F. The Bertz CT molecular complexity index is 745. The van der Waals surface area contributed by atoms with Gasteiger partial charge >= 0.3 is 0 Å². The number of carbonyl (C=O) groups is 2. The van der Waals surface area contributed by atoms with Crippen LogP contribution in [0.5, 0.6) is 0 Å². The molecule has 0 aromatic heterocycles. The standard InChI is InChI=1S/C17H15F3N2O2/c18-12-5-2-1-4-10(12)8-15(17(21)24)22-16(23)9-11-13(19)6-3-7-14(11)20/h1-7,15H,8-9H2,(H2,21,24)(H,22,23)/t15-/m1/s1. The van der Waals surface area contributed by atoms with E-state index in [1.165, 1.54) is 24.3 Å². The van der Waals surface area contributed by atoms with E-state index < -0.39 is 47.3 Å². The number of primary amides is 1. The first-order valence-corrected chi connectivity index (χ1v) is 7.13. The molecule has 0 aliphatic carbocycles. The van der Waals surface area contributed by atoms with E-state index >= 15 is 0 Å². The zero-order valence-electron chi connectivity index (χ0n) is 12.6. The summed E-state index contributed by atoms with van der Waals surface area (Å²) in [6, 6.07) is 7.76. The minimum Gasteiger partial charge on any atom is -0.368 e. The summed E-state index contributed by atoms with van der Waals surface area (Å²) in [5, 5.41) is 2.28. The summed E-state index contributed by atoms with van der Waals surface area (Å²) in [5.74, 6) is -3.94. The van der Waals surface area contributed by atoms with Crippen LogP contribution in [0.3, 0.4) is 0 Å². The van der Waals surface area contributed by atoms with Gasteiger partial charge in [-0.2, -0.15) is 0 Å². The number of benzene rings is 2. The van der Waals surface area contributed by atoms with Gasteiger partial charge in [-0.15, -0.1) is 0 Å². The molecule has 0 spiro atoms. The lowest BCUT2D eigenvalue weighted by molar-refractivity contribution is -0.127. The maximum absolute atomic E-state index is 13.6. The van der Waals surface area contributed by atoms with E-state index in [4.69, 9.17) is 5.73 Å². The third kappa shape index (κ3) is 4.34. The van der Waals surface area contributed by atoms with Gasteiger partial charge in [-0.3, -0.25) is 9.59 Å². The average molecular weight is 336 g/mol. The van der Waals surface area contributed by atoms with Crippen molar-refractivity contribution in [3.05, 3.63) is 71.0 Å². The molecular weight excluding hydrogens is 321 g/mol. The van der Waals surface area contributed by atoms with Crippen LogP contribution in [0, 0.1) is 17.5 Å². The van der Waals surface area contributed by atoms with Crippen LogP contribution in [0.25, 0.3) is 0 Å². The molecule has 24 heavy (non-hydrogen) atoms.